The number of hydrogen-bond acceptors (Lipinski definition) is 3. The predicted molar refractivity (Wildman–Crippen MR) is 37.5 cm³/mol. The minimum atomic E-state index is -1.03. The Morgan fingerprint density at radius 2 is 2.12 bits per heavy atom. The molecule has 0 aromatic carbocycles. The number of carboxylic acid groups (broad SMARTS) is 1. The molecule has 1 N–H and O–H groups in total. The van der Waals surface area contributed by atoms with Crippen molar-refractivity contribution in [3.63, 3.8) is 0 Å². The van der Waals surface area contributed by atoms with Crippen molar-refractivity contribution >= 4 is 31.4 Å². The summed E-state index contributed by atoms with van der Waals surface area (Å²) in [6.45, 7) is 0. The van der Waals surface area contributed by atoms with Crippen LogP contribution in [0.25, 0.3) is 0 Å². The van der Waals surface area contributed by atoms with E-state index in [1.165, 1.54) is 7.05 Å². The molecule has 0 spiro atoms. The topological polar surface area (TPSA) is 40.5 Å². The summed E-state index contributed by atoms with van der Waals surface area (Å²) in [4.78, 5) is 10.9. The number of nitrogens with zero attached hydrogens (tertiary/aromatic N) is 1. The first-order valence-corrected chi connectivity index (χ1v) is 2.91. The smallest absolute Gasteiger partial charge is 0.408 e. The molecule has 0 atom stereocenters. The van der Waals surface area contributed by atoms with Crippen molar-refractivity contribution in [1.82, 2.24) is 4.90 Å². The van der Waals surface area contributed by atoms with E-state index < -0.39 is 10.8 Å². The molecule has 0 unspecified atom stereocenters. The van der Waals surface area contributed by atoms with Crippen LogP contribution in [0.4, 0.5) is 4.79 Å². The first-order chi connectivity index (χ1) is 3.55. The lowest BCUT2D eigenvalue weighted by Gasteiger charge is -2.14. The summed E-state index contributed by atoms with van der Waals surface area (Å²) in [5, 5.41) is 8.18. The van der Waals surface area contributed by atoms with Gasteiger partial charge >= 0.3 is 6.09 Å². The molecule has 0 radical (unpaired) electrons. The van der Waals surface area contributed by atoms with E-state index >= 15 is 0 Å². The van der Waals surface area contributed by atoms with E-state index in [0.717, 1.165) is 4.90 Å². The molecule has 3 nitrogen and oxygen atoms in total. The minimum Gasteiger partial charge on any atom is -0.465 e. The molecule has 0 fully saturated rings. The van der Waals surface area contributed by atoms with Gasteiger partial charge in [0.05, 0.1) is 0 Å². The minimum absolute atomic E-state index is 0.535. The van der Waals surface area contributed by atoms with Crippen LogP contribution in [0.2, 0.25) is 0 Å². The zero-order valence-electron chi connectivity index (χ0n) is 4.27. The Kier molecular flexibility index (Phi) is 3.08. The first kappa shape index (κ1) is 7.97. The molecular weight excluding hydrogens is 146 g/mol. The lowest BCUT2D eigenvalue weighted by molar-refractivity contribution is 0.161. The van der Waals surface area contributed by atoms with Crippen LogP contribution in [-0.2, 0) is 0 Å². The third kappa shape index (κ3) is 2.32. The summed E-state index contributed by atoms with van der Waals surface area (Å²) in [5.41, 5.74) is 0. The molecule has 0 aromatic rings. The quantitative estimate of drug-likeness (QED) is 0.384. The van der Waals surface area contributed by atoms with E-state index in [1.807, 2.05) is 0 Å². The van der Waals surface area contributed by atoms with Gasteiger partial charge in [-0.25, -0.2) is 4.79 Å². The van der Waals surface area contributed by atoms with Gasteiger partial charge in [-0.15, -0.1) is 25.3 Å². The summed E-state index contributed by atoms with van der Waals surface area (Å²) in [6.07, 6.45) is -1.03. The van der Waals surface area contributed by atoms with E-state index in [0.29, 0.717) is 0 Å². The largest absolute Gasteiger partial charge is 0.465 e. The third-order valence-electron chi connectivity index (χ3n) is 0.648. The van der Waals surface area contributed by atoms with Gasteiger partial charge in [-0.1, -0.05) is 0 Å². The van der Waals surface area contributed by atoms with E-state index in [9.17, 15) is 4.79 Å². The molecule has 0 saturated carbocycles. The summed E-state index contributed by atoms with van der Waals surface area (Å²) in [5.74, 6) is 0. The van der Waals surface area contributed by atoms with E-state index in [1.54, 1.807) is 0 Å². The predicted octanol–water partition coefficient (Wildman–Crippen LogP) is 0.739. The molecule has 0 saturated heterocycles. The Bertz CT molecular complexity index is 95.3. The van der Waals surface area contributed by atoms with E-state index in [2.05, 4.69) is 25.3 Å². The molecular formula is C3H7NO2S2. The summed E-state index contributed by atoms with van der Waals surface area (Å²) in [7, 11) is 1.40. The second-order valence-corrected chi connectivity index (χ2v) is 2.63. The van der Waals surface area contributed by atoms with E-state index in [4.69, 9.17) is 5.11 Å². The van der Waals surface area contributed by atoms with Gasteiger partial charge in [0, 0.05) is 7.05 Å². The fraction of sp³-hybridized carbons (Fsp3) is 0.667. The fourth-order valence-corrected chi connectivity index (χ4v) is 0.296. The van der Waals surface area contributed by atoms with Gasteiger partial charge in [-0.2, -0.15) is 0 Å². The van der Waals surface area contributed by atoms with Crippen molar-refractivity contribution < 1.29 is 9.90 Å². The van der Waals surface area contributed by atoms with Gasteiger partial charge in [0.2, 0.25) is 0 Å². The molecule has 0 aliphatic heterocycles. The Morgan fingerprint density at radius 3 is 2.12 bits per heavy atom. The SMILES string of the molecule is CN(C(=O)O)C(S)S. The maximum Gasteiger partial charge on any atom is 0.408 e. The number of amides is 1. The number of hydrogen-bond donors (Lipinski definition) is 3. The molecule has 8 heavy (non-hydrogen) atoms. The lowest BCUT2D eigenvalue weighted by Crippen LogP contribution is -2.28. The van der Waals surface area contributed by atoms with Gasteiger partial charge in [-0.05, 0) is 0 Å². The van der Waals surface area contributed by atoms with Crippen molar-refractivity contribution in [3.8, 4) is 0 Å². The van der Waals surface area contributed by atoms with Crippen LogP contribution in [0, 0.1) is 0 Å². The fourth-order valence-electron chi connectivity index (χ4n) is 0.0988. The van der Waals surface area contributed by atoms with Crippen LogP contribution in [0.1, 0.15) is 0 Å². The molecule has 0 rings (SSSR count). The second kappa shape index (κ2) is 3.09. The first-order valence-electron chi connectivity index (χ1n) is 1.87. The monoisotopic (exact) mass is 153 g/mol. The Morgan fingerprint density at radius 1 is 1.75 bits per heavy atom. The Balaban J connectivity index is 3.64. The Labute approximate surface area is 58.5 Å². The van der Waals surface area contributed by atoms with Crippen molar-refractivity contribution in [2.75, 3.05) is 7.05 Å². The third-order valence-corrected chi connectivity index (χ3v) is 1.34. The number of carbonyl (C=O) groups is 1. The molecule has 5 heteroatoms. The highest BCUT2D eigenvalue weighted by Crippen LogP contribution is 2.04. The van der Waals surface area contributed by atoms with Crippen LogP contribution in [0.5, 0.6) is 0 Å². The van der Waals surface area contributed by atoms with Crippen molar-refractivity contribution in [2.24, 2.45) is 0 Å². The van der Waals surface area contributed by atoms with Gasteiger partial charge in [0.15, 0.2) is 0 Å². The summed E-state index contributed by atoms with van der Waals surface area (Å²) in [6, 6.07) is 0. The molecule has 0 heterocycles. The van der Waals surface area contributed by atoms with Crippen LogP contribution in [-0.4, -0.2) is 27.9 Å². The number of rotatable bonds is 1. The van der Waals surface area contributed by atoms with Crippen LogP contribution < -0.4 is 0 Å². The highest BCUT2D eigenvalue weighted by molar-refractivity contribution is 7.99. The average molecular weight is 153 g/mol. The van der Waals surface area contributed by atoms with Crippen molar-refractivity contribution in [3.05, 3.63) is 0 Å². The van der Waals surface area contributed by atoms with E-state index in [-0.39, 0.29) is 0 Å². The highest BCUT2D eigenvalue weighted by Gasteiger charge is 2.08. The van der Waals surface area contributed by atoms with Crippen LogP contribution >= 0.6 is 25.3 Å². The molecule has 1 amide bonds. The lowest BCUT2D eigenvalue weighted by atomic mass is 10.9. The van der Waals surface area contributed by atoms with Gasteiger partial charge < -0.3 is 5.11 Å². The summed E-state index contributed by atoms with van der Waals surface area (Å²) >= 11 is 7.48. The molecule has 0 aliphatic carbocycles. The highest BCUT2D eigenvalue weighted by atomic mass is 32.2. The standard InChI is InChI=1S/C3H7NO2S2/c1-4(2(5)6)3(7)8/h3,7-8H,1H3,(H,5,6). The molecule has 0 bridgehead atoms. The van der Waals surface area contributed by atoms with Crippen molar-refractivity contribution in [1.29, 1.82) is 0 Å². The van der Waals surface area contributed by atoms with Crippen LogP contribution in [0.15, 0.2) is 0 Å². The second-order valence-electron chi connectivity index (χ2n) is 1.24. The maximum absolute atomic E-state index is 9.97. The van der Waals surface area contributed by atoms with Gasteiger partial charge in [0.25, 0.3) is 0 Å². The molecule has 0 aromatic heterocycles. The van der Waals surface area contributed by atoms with Gasteiger partial charge in [0.1, 0.15) is 4.71 Å². The normalized spacial score (nSPS) is 9.50. The zero-order valence-corrected chi connectivity index (χ0v) is 6.06. The zero-order chi connectivity index (χ0) is 6.73. The van der Waals surface area contributed by atoms with Crippen LogP contribution in [0.3, 0.4) is 0 Å². The summed E-state index contributed by atoms with van der Waals surface area (Å²) < 4.78 is -0.535. The molecule has 0 aliphatic rings. The molecule has 48 valence electrons. The van der Waals surface area contributed by atoms with Gasteiger partial charge in [-0.3, -0.25) is 4.90 Å². The average Bonchev–Trinajstić information content (AvgIpc) is 1.64. The van der Waals surface area contributed by atoms with Crippen molar-refractivity contribution in [2.45, 2.75) is 4.71 Å². The Hall–Kier alpha value is -0.0300. The maximum atomic E-state index is 9.97. The number of thiol groups is 2.